The molecular formula is C11H17BrN2O. The molecule has 0 aliphatic rings. The smallest absolute Gasteiger partial charge is 0.221 e. The number of carbonyl (C=O) groups excluding carboxylic acids is 1. The molecule has 0 saturated heterocycles. The normalized spacial score (nSPS) is 10.4. The number of quaternary nitrogens is 1. The van der Waals surface area contributed by atoms with Crippen molar-refractivity contribution in [2.45, 2.75) is 6.92 Å². The lowest BCUT2D eigenvalue weighted by molar-refractivity contribution is -0.114. The molecule has 84 valence electrons. The quantitative estimate of drug-likeness (QED) is 0.677. The number of halogens is 1. The number of hydrogen-bond acceptors (Lipinski definition) is 1. The van der Waals surface area contributed by atoms with Crippen LogP contribution in [0.5, 0.6) is 0 Å². The number of amides is 1. The van der Waals surface area contributed by atoms with Gasteiger partial charge in [-0.3, -0.25) is 9.28 Å². The lowest BCUT2D eigenvalue weighted by Crippen LogP contribution is -3.00. The van der Waals surface area contributed by atoms with Crippen molar-refractivity contribution in [1.82, 2.24) is 4.48 Å². The van der Waals surface area contributed by atoms with Crippen LogP contribution >= 0.6 is 0 Å². The van der Waals surface area contributed by atoms with Crippen LogP contribution in [0.4, 0.5) is 11.4 Å². The molecule has 0 radical (unpaired) electrons. The predicted octanol–water partition coefficient (Wildman–Crippen LogP) is -1.15. The standard InChI is InChI=1S/C11H16N2O.BrH/c1-9(14)12-10-6-5-7-11(8-10)13(2,3)4;/h5-8H,1-4H3;1H. The van der Waals surface area contributed by atoms with E-state index in [2.05, 4.69) is 26.5 Å². The largest absolute Gasteiger partial charge is 1.00 e. The van der Waals surface area contributed by atoms with Gasteiger partial charge in [0.15, 0.2) is 0 Å². The van der Waals surface area contributed by atoms with E-state index < -0.39 is 0 Å². The van der Waals surface area contributed by atoms with Crippen molar-refractivity contribution in [3.8, 4) is 0 Å². The first-order chi connectivity index (χ1) is 6.39. The first-order valence-corrected chi connectivity index (χ1v) is 4.59. The second kappa shape index (κ2) is 5.28. The number of benzene rings is 1. The third-order valence-corrected chi connectivity index (χ3v) is 1.94. The molecule has 1 aromatic carbocycles. The number of nitrogens with one attached hydrogen (secondary N) is 1. The Morgan fingerprint density at radius 2 is 1.87 bits per heavy atom. The zero-order valence-electron chi connectivity index (χ0n) is 9.54. The van der Waals surface area contributed by atoms with Gasteiger partial charge in [-0.05, 0) is 12.1 Å². The van der Waals surface area contributed by atoms with E-state index in [1.54, 1.807) is 0 Å². The molecule has 0 spiro atoms. The average Bonchev–Trinajstić information content (AvgIpc) is 2.01. The van der Waals surface area contributed by atoms with Crippen LogP contribution in [0.15, 0.2) is 24.3 Å². The number of rotatable bonds is 2. The third kappa shape index (κ3) is 4.44. The highest BCUT2D eigenvalue weighted by atomic mass is 79.9. The monoisotopic (exact) mass is 272 g/mol. The van der Waals surface area contributed by atoms with E-state index in [1.807, 2.05) is 24.3 Å². The van der Waals surface area contributed by atoms with Crippen molar-refractivity contribution in [1.29, 1.82) is 0 Å². The van der Waals surface area contributed by atoms with E-state index in [0.717, 1.165) is 15.9 Å². The molecule has 0 aliphatic carbocycles. The van der Waals surface area contributed by atoms with Gasteiger partial charge in [-0.15, -0.1) is 0 Å². The minimum Gasteiger partial charge on any atom is -1.00 e. The highest BCUT2D eigenvalue weighted by Gasteiger charge is 2.11. The summed E-state index contributed by atoms with van der Waals surface area (Å²) in [6.07, 6.45) is 0. The fourth-order valence-corrected chi connectivity index (χ4v) is 1.20. The summed E-state index contributed by atoms with van der Waals surface area (Å²) in [7, 11) is 6.27. The molecule has 1 rings (SSSR count). The fourth-order valence-electron chi connectivity index (χ4n) is 1.20. The topological polar surface area (TPSA) is 29.1 Å². The van der Waals surface area contributed by atoms with Crippen LogP contribution in [0.25, 0.3) is 0 Å². The maximum atomic E-state index is 10.9. The summed E-state index contributed by atoms with van der Waals surface area (Å²) in [6.45, 7) is 1.51. The average molecular weight is 273 g/mol. The second-order valence-corrected chi connectivity index (χ2v) is 4.24. The summed E-state index contributed by atoms with van der Waals surface area (Å²) in [5.41, 5.74) is 2.01. The molecule has 0 bridgehead atoms. The van der Waals surface area contributed by atoms with E-state index in [1.165, 1.54) is 6.92 Å². The Bertz CT molecular complexity index is 345. The summed E-state index contributed by atoms with van der Waals surface area (Å²) < 4.78 is 0.743. The molecule has 0 aromatic heterocycles. The lowest BCUT2D eigenvalue weighted by atomic mass is 10.2. The van der Waals surface area contributed by atoms with E-state index in [0.29, 0.717) is 0 Å². The van der Waals surface area contributed by atoms with Crippen molar-refractivity contribution in [2.75, 3.05) is 26.5 Å². The van der Waals surface area contributed by atoms with Gasteiger partial charge in [0.1, 0.15) is 5.69 Å². The molecule has 4 heteroatoms. The summed E-state index contributed by atoms with van der Waals surface area (Å²) >= 11 is 0. The lowest BCUT2D eigenvalue weighted by Gasteiger charge is -2.23. The molecule has 1 aromatic rings. The van der Waals surface area contributed by atoms with Gasteiger partial charge in [0.05, 0.1) is 21.1 Å². The van der Waals surface area contributed by atoms with Gasteiger partial charge < -0.3 is 22.3 Å². The Kier molecular flexibility index (Phi) is 4.97. The van der Waals surface area contributed by atoms with E-state index in [-0.39, 0.29) is 22.9 Å². The Morgan fingerprint density at radius 3 is 2.33 bits per heavy atom. The van der Waals surface area contributed by atoms with Crippen LogP contribution in [0.1, 0.15) is 6.92 Å². The fraction of sp³-hybridized carbons (Fsp3) is 0.364. The van der Waals surface area contributed by atoms with Gasteiger partial charge in [-0.25, -0.2) is 0 Å². The van der Waals surface area contributed by atoms with Crippen molar-refractivity contribution in [3.05, 3.63) is 24.3 Å². The summed E-state index contributed by atoms with van der Waals surface area (Å²) in [4.78, 5) is 10.9. The number of carbonyl (C=O) groups is 1. The number of anilines is 1. The van der Waals surface area contributed by atoms with Gasteiger partial charge in [0.25, 0.3) is 0 Å². The van der Waals surface area contributed by atoms with E-state index in [9.17, 15) is 4.79 Å². The molecule has 15 heavy (non-hydrogen) atoms. The maximum absolute atomic E-state index is 10.9. The highest BCUT2D eigenvalue weighted by Crippen LogP contribution is 2.20. The van der Waals surface area contributed by atoms with Crippen LogP contribution in [0.2, 0.25) is 0 Å². The van der Waals surface area contributed by atoms with Crippen molar-refractivity contribution in [2.24, 2.45) is 0 Å². The Morgan fingerprint density at radius 1 is 1.27 bits per heavy atom. The van der Waals surface area contributed by atoms with Crippen molar-refractivity contribution < 1.29 is 21.8 Å². The van der Waals surface area contributed by atoms with Gasteiger partial charge in [-0.2, -0.15) is 0 Å². The Balaban J connectivity index is 0.00000196. The second-order valence-electron chi connectivity index (χ2n) is 4.24. The van der Waals surface area contributed by atoms with Crippen LogP contribution in [0.3, 0.4) is 0 Å². The van der Waals surface area contributed by atoms with E-state index >= 15 is 0 Å². The van der Waals surface area contributed by atoms with Crippen LogP contribution in [0, 0.1) is 0 Å². The highest BCUT2D eigenvalue weighted by molar-refractivity contribution is 5.89. The minimum atomic E-state index is -0.0384. The van der Waals surface area contributed by atoms with Crippen LogP contribution in [-0.2, 0) is 4.79 Å². The molecular weight excluding hydrogens is 256 g/mol. The SMILES string of the molecule is CC(=O)Nc1cccc([N+](C)(C)C)c1.[Br-]. The summed E-state index contributed by atoms with van der Waals surface area (Å²) in [5, 5.41) is 2.77. The van der Waals surface area contributed by atoms with E-state index in [4.69, 9.17) is 0 Å². The Labute approximate surface area is 101 Å². The number of nitrogens with zero attached hydrogens (tertiary/aromatic N) is 1. The van der Waals surface area contributed by atoms with Gasteiger partial charge >= 0.3 is 0 Å². The minimum absolute atomic E-state index is 0. The van der Waals surface area contributed by atoms with Gasteiger partial charge in [0.2, 0.25) is 5.91 Å². The molecule has 3 nitrogen and oxygen atoms in total. The van der Waals surface area contributed by atoms with Crippen LogP contribution in [-0.4, -0.2) is 27.1 Å². The zero-order chi connectivity index (χ0) is 10.8. The van der Waals surface area contributed by atoms with Gasteiger partial charge in [-0.1, -0.05) is 6.07 Å². The molecule has 1 N–H and O–H groups in total. The van der Waals surface area contributed by atoms with Crippen molar-refractivity contribution >= 4 is 17.3 Å². The third-order valence-electron chi connectivity index (χ3n) is 1.94. The molecule has 0 fully saturated rings. The molecule has 0 heterocycles. The molecule has 1 amide bonds. The zero-order valence-corrected chi connectivity index (χ0v) is 11.1. The molecule has 0 aliphatic heterocycles. The molecule has 0 unspecified atom stereocenters. The Hall–Kier alpha value is -0.870. The van der Waals surface area contributed by atoms with Gasteiger partial charge in [0, 0.05) is 18.7 Å². The number of hydrogen-bond donors (Lipinski definition) is 1. The van der Waals surface area contributed by atoms with Crippen molar-refractivity contribution in [3.63, 3.8) is 0 Å². The first-order valence-electron chi connectivity index (χ1n) is 4.59. The molecule has 0 atom stereocenters. The summed E-state index contributed by atoms with van der Waals surface area (Å²) in [6, 6.07) is 7.87. The van der Waals surface area contributed by atoms with Crippen LogP contribution < -0.4 is 26.8 Å². The molecule has 0 saturated carbocycles. The maximum Gasteiger partial charge on any atom is 0.221 e. The predicted molar refractivity (Wildman–Crippen MR) is 60.3 cm³/mol. The summed E-state index contributed by atoms with van der Waals surface area (Å²) in [5.74, 6) is -0.0384. The first kappa shape index (κ1) is 14.1.